The predicted octanol–water partition coefficient (Wildman–Crippen LogP) is 4.14. The van der Waals surface area contributed by atoms with Crippen LogP contribution in [0.1, 0.15) is 71.6 Å². The van der Waals surface area contributed by atoms with Crippen LogP contribution >= 0.6 is 0 Å². The number of hydrogen-bond acceptors (Lipinski definition) is 2. The Morgan fingerprint density at radius 2 is 1.76 bits per heavy atom. The first-order valence-corrected chi connectivity index (χ1v) is 8.80. The molecule has 1 atom stereocenters. The molecular formula is C18H30N2O. The van der Waals surface area contributed by atoms with E-state index in [0.717, 1.165) is 57.5 Å². The van der Waals surface area contributed by atoms with E-state index in [4.69, 9.17) is 0 Å². The molecule has 21 heavy (non-hydrogen) atoms. The molecule has 0 aromatic rings. The molecule has 1 heterocycles. The molecule has 1 saturated heterocycles. The van der Waals surface area contributed by atoms with Crippen LogP contribution in [-0.4, -0.2) is 23.9 Å². The fraction of sp³-hybridized carbons (Fsp3) is 0.889. The van der Waals surface area contributed by atoms with Crippen LogP contribution < -0.4 is 0 Å². The standard InChI is InChI=1S/C18H30N2O/c1-15(2)16-8-7-12-20(13-9-16)17(21)18(14-19)10-5-3-4-6-11-18/h15-16H,3-13H2,1-2H3. The highest BCUT2D eigenvalue weighted by atomic mass is 16.2. The minimum atomic E-state index is -0.714. The van der Waals surface area contributed by atoms with Gasteiger partial charge in [0.05, 0.1) is 6.07 Å². The van der Waals surface area contributed by atoms with Crippen LogP contribution in [0.4, 0.5) is 0 Å². The van der Waals surface area contributed by atoms with Gasteiger partial charge in [0.1, 0.15) is 5.41 Å². The summed E-state index contributed by atoms with van der Waals surface area (Å²) in [6.07, 6.45) is 9.36. The van der Waals surface area contributed by atoms with Crippen molar-refractivity contribution < 1.29 is 4.79 Å². The van der Waals surface area contributed by atoms with Crippen molar-refractivity contribution in [2.75, 3.05) is 13.1 Å². The quantitative estimate of drug-likeness (QED) is 0.718. The summed E-state index contributed by atoms with van der Waals surface area (Å²) in [7, 11) is 0. The fourth-order valence-corrected chi connectivity index (χ4v) is 4.00. The van der Waals surface area contributed by atoms with Gasteiger partial charge in [-0.05, 0) is 43.9 Å². The van der Waals surface area contributed by atoms with Crippen LogP contribution in [0.5, 0.6) is 0 Å². The van der Waals surface area contributed by atoms with Gasteiger partial charge in [-0.2, -0.15) is 5.26 Å². The lowest BCUT2D eigenvalue weighted by atomic mass is 9.80. The van der Waals surface area contributed by atoms with E-state index in [9.17, 15) is 10.1 Å². The van der Waals surface area contributed by atoms with E-state index >= 15 is 0 Å². The van der Waals surface area contributed by atoms with Gasteiger partial charge < -0.3 is 4.90 Å². The highest BCUT2D eigenvalue weighted by molar-refractivity contribution is 5.85. The molecule has 2 aliphatic rings. The Hall–Kier alpha value is -1.04. The van der Waals surface area contributed by atoms with Gasteiger partial charge in [-0.25, -0.2) is 0 Å². The van der Waals surface area contributed by atoms with E-state index < -0.39 is 5.41 Å². The Labute approximate surface area is 129 Å². The molecule has 2 rings (SSSR count). The Kier molecular flexibility index (Phi) is 5.67. The summed E-state index contributed by atoms with van der Waals surface area (Å²) in [5.41, 5.74) is -0.714. The summed E-state index contributed by atoms with van der Waals surface area (Å²) in [6, 6.07) is 2.42. The molecule has 0 spiro atoms. The van der Waals surface area contributed by atoms with Crippen molar-refractivity contribution in [2.24, 2.45) is 17.3 Å². The van der Waals surface area contributed by atoms with Gasteiger partial charge >= 0.3 is 0 Å². The molecule has 0 aromatic heterocycles. The Morgan fingerprint density at radius 3 is 2.33 bits per heavy atom. The Morgan fingerprint density at radius 1 is 1.10 bits per heavy atom. The number of nitrogens with zero attached hydrogens (tertiary/aromatic N) is 2. The summed E-state index contributed by atoms with van der Waals surface area (Å²) in [5.74, 6) is 1.56. The van der Waals surface area contributed by atoms with Gasteiger partial charge in [0, 0.05) is 13.1 Å². The van der Waals surface area contributed by atoms with Gasteiger partial charge in [-0.3, -0.25) is 4.79 Å². The summed E-state index contributed by atoms with van der Waals surface area (Å²) in [5, 5.41) is 9.68. The van der Waals surface area contributed by atoms with E-state index in [1.165, 1.54) is 19.3 Å². The average molecular weight is 290 g/mol. The number of nitriles is 1. The molecule has 3 nitrogen and oxygen atoms in total. The molecule has 3 heteroatoms. The van der Waals surface area contributed by atoms with Gasteiger partial charge in [-0.1, -0.05) is 39.5 Å². The summed E-state index contributed by atoms with van der Waals surface area (Å²) >= 11 is 0. The predicted molar refractivity (Wildman–Crippen MR) is 84.5 cm³/mol. The molecular weight excluding hydrogens is 260 g/mol. The molecule has 1 aliphatic heterocycles. The topological polar surface area (TPSA) is 44.1 Å². The zero-order chi connectivity index (χ0) is 15.3. The number of hydrogen-bond donors (Lipinski definition) is 0. The lowest BCUT2D eigenvalue weighted by Crippen LogP contribution is -2.43. The summed E-state index contributed by atoms with van der Waals surface area (Å²) in [6.45, 7) is 6.27. The first-order valence-electron chi connectivity index (χ1n) is 8.80. The van der Waals surface area contributed by atoms with Crippen LogP contribution in [0.3, 0.4) is 0 Å². The monoisotopic (exact) mass is 290 g/mol. The third kappa shape index (κ3) is 3.78. The summed E-state index contributed by atoms with van der Waals surface area (Å²) in [4.78, 5) is 15.0. The van der Waals surface area contributed by atoms with Gasteiger partial charge in [0.15, 0.2) is 0 Å². The van der Waals surface area contributed by atoms with Crippen LogP contribution in [0.25, 0.3) is 0 Å². The molecule has 0 N–H and O–H groups in total. The molecule has 1 aliphatic carbocycles. The number of likely N-dealkylation sites (tertiary alicyclic amines) is 1. The molecule has 0 radical (unpaired) electrons. The molecule has 2 fully saturated rings. The second-order valence-corrected chi connectivity index (χ2v) is 7.34. The van der Waals surface area contributed by atoms with Crippen molar-refractivity contribution >= 4 is 5.91 Å². The van der Waals surface area contributed by atoms with E-state index in [1.54, 1.807) is 0 Å². The number of carbonyl (C=O) groups excluding carboxylic acids is 1. The zero-order valence-electron chi connectivity index (χ0n) is 13.7. The number of rotatable bonds is 2. The average Bonchev–Trinajstić information content (AvgIpc) is 2.87. The lowest BCUT2D eigenvalue weighted by molar-refractivity contribution is -0.139. The third-order valence-electron chi connectivity index (χ3n) is 5.58. The minimum Gasteiger partial charge on any atom is -0.341 e. The van der Waals surface area contributed by atoms with Crippen LogP contribution in [0, 0.1) is 28.6 Å². The van der Waals surface area contributed by atoms with Gasteiger partial charge in [0.2, 0.25) is 5.91 Å². The van der Waals surface area contributed by atoms with Crippen molar-refractivity contribution in [2.45, 2.75) is 71.6 Å². The third-order valence-corrected chi connectivity index (χ3v) is 5.58. The van der Waals surface area contributed by atoms with Gasteiger partial charge in [0.25, 0.3) is 0 Å². The molecule has 1 unspecified atom stereocenters. The lowest BCUT2D eigenvalue weighted by Gasteiger charge is -2.31. The maximum Gasteiger partial charge on any atom is 0.243 e. The fourth-order valence-electron chi connectivity index (χ4n) is 4.00. The highest BCUT2D eigenvalue weighted by Crippen LogP contribution is 2.37. The number of carbonyl (C=O) groups is 1. The minimum absolute atomic E-state index is 0.135. The maximum absolute atomic E-state index is 13.0. The van der Waals surface area contributed by atoms with Crippen molar-refractivity contribution in [3.8, 4) is 6.07 Å². The number of amides is 1. The smallest absolute Gasteiger partial charge is 0.243 e. The van der Waals surface area contributed by atoms with Crippen molar-refractivity contribution in [1.82, 2.24) is 4.90 Å². The second kappa shape index (κ2) is 7.29. The molecule has 118 valence electrons. The van der Waals surface area contributed by atoms with Crippen molar-refractivity contribution in [1.29, 1.82) is 5.26 Å². The van der Waals surface area contributed by atoms with E-state index in [-0.39, 0.29) is 5.91 Å². The van der Waals surface area contributed by atoms with Crippen molar-refractivity contribution in [3.05, 3.63) is 0 Å². The normalized spacial score (nSPS) is 26.8. The van der Waals surface area contributed by atoms with E-state index in [1.807, 2.05) is 4.90 Å². The van der Waals surface area contributed by atoms with E-state index in [0.29, 0.717) is 5.92 Å². The molecule has 1 amide bonds. The first kappa shape index (κ1) is 16.3. The zero-order valence-corrected chi connectivity index (χ0v) is 13.7. The van der Waals surface area contributed by atoms with Gasteiger partial charge in [-0.15, -0.1) is 0 Å². The van der Waals surface area contributed by atoms with Crippen LogP contribution in [0.15, 0.2) is 0 Å². The van der Waals surface area contributed by atoms with Crippen LogP contribution in [-0.2, 0) is 4.79 Å². The summed E-state index contributed by atoms with van der Waals surface area (Å²) < 4.78 is 0. The Balaban J connectivity index is 2.05. The molecule has 0 aromatic carbocycles. The SMILES string of the molecule is CC(C)C1CCCN(C(=O)C2(C#N)CCCCCC2)CC1. The second-order valence-electron chi connectivity index (χ2n) is 7.34. The van der Waals surface area contributed by atoms with Crippen molar-refractivity contribution in [3.63, 3.8) is 0 Å². The maximum atomic E-state index is 13.0. The Bertz CT molecular complexity index is 389. The van der Waals surface area contributed by atoms with Crippen LogP contribution in [0.2, 0.25) is 0 Å². The van der Waals surface area contributed by atoms with E-state index in [2.05, 4.69) is 19.9 Å². The molecule has 0 bridgehead atoms. The largest absolute Gasteiger partial charge is 0.341 e. The molecule has 1 saturated carbocycles. The highest BCUT2D eigenvalue weighted by Gasteiger charge is 2.42. The first-order chi connectivity index (χ1) is 10.1.